The third-order valence-electron chi connectivity index (χ3n) is 2.22. The van der Waals surface area contributed by atoms with Crippen molar-refractivity contribution in [2.45, 2.75) is 13.5 Å². The van der Waals surface area contributed by atoms with Gasteiger partial charge in [-0.25, -0.2) is 0 Å². The molecule has 2 N–H and O–H groups in total. The Balaban J connectivity index is 2.77. The zero-order chi connectivity index (χ0) is 9.42. The Labute approximate surface area is 81.1 Å². The van der Waals surface area contributed by atoms with Crippen LogP contribution in [0.25, 0.3) is 10.9 Å². The summed E-state index contributed by atoms with van der Waals surface area (Å²) >= 11 is 5.98. The number of H-pyrrole nitrogens is 1. The van der Waals surface area contributed by atoms with Gasteiger partial charge in [0, 0.05) is 27.7 Å². The smallest absolute Gasteiger partial charge is 0.0702 e. The summed E-state index contributed by atoms with van der Waals surface area (Å²) in [4.78, 5) is 3.09. The Kier molecular flexibility index (Phi) is 2.02. The van der Waals surface area contributed by atoms with Crippen molar-refractivity contribution in [1.82, 2.24) is 4.98 Å². The molecule has 0 bridgehead atoms. The molecule has 2 aromatic rings. The highest BCUT2D eigenvalue weighted by Gasteiger charge is 2.04. The maximum absolute atomic E-state index is 9.02. The summed E-state index contributed by atoms with van der Waals surface area (Å²) in [5, 5.41) is 10.8. The van der Waals surface area contributed by atoms with Gasteiger partial charge in [0.15, 0.2) is 0 Å². The fourth-order valence-corrected chi connectivity index (χ4v) is 1.60. The van der Waals surface area contributed by atoms with E-state index in [1.807, 2.05) is 19.1 Å². The molecule has 0 saturated carbocycles. The van der Waals surface area contributed by atoms with Crippen LogP contribution in [0.3, 0.4) is 0 Å². The number of hydrogen-bond donors (Lipinski definition) is 2. The number of aliphatic hydroxyl groups is 1. The van der Waals surface area contributed by atoms with Gasteiger partial charge in [-0.05, 0) is 24.6 Å². The van der Waals surface area contributed by atoms with E-state index in [4.69, 9.17) is 16.7 Å². The molecule has 0 atom stereocenters. The van der Waals surface area contributed by atoms with Gasteiger partial charge in [0.1, 0.15) is 0 Å². The Hall–Kier alpha value is -0.990. The van der Waals surface area contributed by atoms with E-state index in [2.05, 4.69) is 4.98 Å². The first-order valence-corrected chi connectivity index (χ1v) is 4.47. The van der Waals surface area contributed by atoms with Crippen molar-refractivity contribution < 1.29 is 5.11 Å². The minimum absolute atomic E-state index is 0.0411. The van der Waals surface area contributed by atoms with Gasteiger partial charge >= 0.3 is 0 Å². The predicted molar refractivity (Wildman–Crippen MR) is 54.0 cm³/mol. The summed E-state index contributed by atoms with van der Waals surface area (Å²) in [5.41, 5.74) is 2.95. The fourth-order valence-electron chi connectivity index (χ4n) is 1.44. The lowest BCUT2D eigenvalue weighted by molar-refractivity contribution is 0.283. The van der Waals surface area contributed by atoms with E-state index in [1.54, 1.807) is 6.20 Å². The number of halogens is 1. The minimum Gasteiger partial charge on any atom is -0.392 e. The van der Waals surface area contributed by atoms with Gasteiger partial charge in [-0.15, -0.1) is 0 Å². The molecule has 0 aliphatic carbocycles. The Morgan fingerprint density at radius 2 is 2.23 bits per heavy atom. The van der Waals surface area contributed by atoms with Gasteiger partial charge in [0.25, 0.3) is 0 Å². The van der Waals surface area contributed by atoms with Crippen LogP contribution < -0.4 is 0 Å². The molecule has 1 heterocycles. The minimum atomic E-state index is 0.0411. The quantitative estimate of drug-likeness (QED) is 0.721. The Bertz CT molecular complexity index is 447. The van der Waals surface area contributed by atoms with Gasteiger partial charge in [0.05, 0.1) is 6.61 Å². The zero-order valence-electron chi connectivity index (χ0n) is 7.26. The van der Waals surface area contributed by atoms with Gasteiger partial charge < -0.3 is 10.1 Å². The van der Waals surface area contributed by atoms with Crippen LogP contribution in [0.1, 0.15) is 11.1 Å². The third-order valence-corrected chi connectivity index (χ3v) is 2.62. The average Bonchev–Trinajstić information content (AvgIpc) is 2.48. The first-order valence-electron chi connectivity index (χ1n) is 4.09. The lowest BCUT2D eigenvalue weighted by atomic mass is 10.1. The molecule has 68 valence electrons. The van der Waals surface area contributed by atoms with E-state index in [-0.39, 0.29) is 6.61 Å². The second kappa shape index (κ2) is 3.05. The topological polar surface area (TPSA) is 36.0 Å². The molecular formula is C10H10ClNO. The summed E-state index contributed by atoms with van der Waals surface area (Å²) in [6.07, 6.45) is 1.81. The zero-order valence-corrected chi connectivity index (χ0v) is 8.02. The molecule has 0 unspecified atom stereocenters. The van der Waals surface area contributed by atoms with Gasteiger partial charge in [0.2, 0.25) is 0 Å². The summed E-state index contributed by atoms with van der Waals surface area (Å²) in [6.45, 7) is 2.00. The SMILES string of the molecule is Cc1cc2[nH]cc(CO)c2cc1Cl. The number of aromatic nitrogens is 1. The fraction of sp³-hybridized carbons (Fsp3) is 0.200. The van der Waals surface area contributed by atoms with Crippen LogP contribution >= 0.6 is 11.6 Å². The van der Waals surface area contributed by atoms with E-state index < -0.39 is 0 Å². The third kappa shape index (κ3) is 1.32. The lowest BCUT2D eigenvalue weighted by Gasteiger charge is -1.98. The van der Waals surface area contributed by atoms with Crippen molar-refractivity contribution in [3.63, 3.8) is 0 Å². The van der Waals surface area contributed by atoms with Crippen LogP contribution in [0.2, 0.25) is 5.02 Å². The molecule has 0 saturated heterocycles. The van der Waals surface area contributed by atoms with Gasteiger partial charge in [-0.2, -0.15) is 0 Å². The van der Waals surface area contributed by atoms with Gasteiger partial charge in [-0.3, -0.25) is 0 Å². The Morgan fingerprint density at radius 1 is 1.46 bits per heavy atom. The molecule has 2 rings (SSSR count). The maximum atomic E-state index is 9.02. The standard InChI is InChI=1S/C10H10ClNO/c1-6-2-10-8(3-9(6)11)7(5-13)4-12-10/h2-4,12-13H,5H2,1H3. The summed E-state index contributed by atoms with van der Waals surface area (Å²) in [5.74, 6) is 0. The number of benzene rings is 1. The van der Waals surface area contributed by atoms with Crippen LogP contribution in [0.5, 0.6) is 0 Å². The lowest BCUT2D eigenvalue weighted by Crippen LogP contribution is -1.80. The summed E-state index contributed by atoms with van der Waals surface area (Å²) in [6, 6.07) is 3.87. The molecule has 0 aliphatic heterocycles. The highest BCUT2D eigenvalue weighted by molar-refractivity contribution is 6.32. The van der Waals surface area contributed by atoms with Crippen LogP contribution in [-0.4, -0.2) is 10.1 Å². The van der Waals surface area contributed by atoms with E-state index in [0.717, 1.165) is 27.1 Å². The highest BCUT2D eigenvalue weighted by atomic mass is 35.5. The number of fused-ring (bicyclic) bond motifs is 1. The van der Waals surface area contributed by atoms with E-state index in [1.165, 1.54) is 0 Å². The number of hydrogen-bond acceptors (Lipinski definition) is 1. The van der Waals surface area contributed by atoms with Gasteiger partial charge in [-0.1, -0.05) is 11.6 Å². The van der Waals surface area contributed by atoms with E-state index in [0.29, 0.717) is 0 Å². The number of nitrogens with one attached hydrogen (secondary N) is 1. The van der Waals surface area contributed by atoms with E-state index >= 15 is 0 Å². The molecule has 1 aromatic carbocycles. The average molecular weight is 196 g/mol. The Morgan fingerprint density at radius 3 is 2.92 bits per heavy atom. The number of aromatic amines is 1. The second-order valence-electron chi connectivity index (χ2n) is 3.12. The number of rotatable bonds is 1. The number of aryl methyl sites for hydroxylation is 1. The van der Waals surface area contributed by atoms with Crippen LogP contribution in [0.15, 0.2) is 18.3 Å². The molecular weight excluding hydrogens is 186 g/mol. The molecule has 0 fully saturated rings. The van der Waals surface area contributed by atoms with Crippen molar-refractivity contribution in [3.8, 4) is 0 Å². The molecule has 2 nitrogen and oxygen atoms in total. The number of aliphatic hydroxyl groups excluding tert-OH is 1. The molecule has 0 amide bonds. The van der Waals surface area contributed by atoms with Crippen molar-refractivity contribution >= 4 is 22.5 Å². The molecule has 13 heavy (non-hydrogen) atoms. The van der Waals surface area contributed by atoms with Crippen molar-refractivity contribution in [2.24, 2.45) is 0 Å². The van der Waals surface area contributed by atoms with Crippen molar-refractivity contribution in [2.75, 3.05) is 0 Å². The first-order chi connectivity index (χ1) is 6.22. The molecule has 1 aromatic heterocycles. The maximum Gasteiger partial charge on any atom is 0.0702 e. The predicted octanol–water partition coefficient (Wildman–Crippen LogP) is 2.62. The molecule has 0 radical (unpaired) electrons. The second-order valence-corrected chi connectivity index (χ2v) is 3.53. The van der Waals surface area contributed by atoms with Crippen molar-refractivity contribution in [3.05, 3.63) is 34.5 Å². The van der Waals surface area contributed by atoms with Crippen LogP contribution in [0, 0.1) is 6.92 Å². The summed E-state index contributed by atoms with van der Waals surface area (Å²) in [7, 11) is 0. The van der Waals surface area contributed by atoms with Crippen molar-refractivity contribution in [1.29, 1.82) is 0 Å². The monoisotopic (exact) mass is 195 g/mol. The largest absolute Gasteiger partial charge is 0.392 e. The van der Waals surface area contributed by atoms with Crippen LogP contribution in [0.4, 0.5) is 0 Å². The van der Waals surface area contributed by atoms with E-state index in [9.17, 15) is 0 Å². The normalized spacial score (nSPS) is 11.0. The molecule has 3 heteroatoms. The molecule has 0 aliphatic rings. The van der Waals surface area contributed by atoms with Crippen LogP contribution in [-0.2, 0) is 6.61 Å². The molecule has 0 spiro atoms. The highest BCUT2D eigenvalue weighted by Crippen LogP contribution is 2.25. The summed E-state index contributed by atoms with van der Waals surface area (Å²) < 4.78 is 0. The first kappa shape index (κ1) is 8.60.